The van der Waals surface area contributed by atoms with Crippen LogP contribution in [-0.4, -0.2) is 35.9 Å². The molecule has 8 heteroatoms. The van der Waals surface area contributed by atoms with E-state index in [2.05, 4.69) is 15.5 Å². The summed E-state index contributed by atoms with van der Waals surface area (Å²) in [5, 5.41) is 11.8. The molecule has 1 amide bonds. The summed E-state index contributed by atoms with van der Waals surface area (Å²) in [4.78, 5) is 12.4. The van der Waals surface area contributed by atoms with Gasteiger partial charge in [-0.05, 0) is 39.0 Å². The normalized spacial score (nSPS) is 10.5. The van der Waals surface area contributed by atoms with Crippen molar-refractivity contribution >= 4 is 22.4 Å². The van der Waals surface area contributed by atoms with Crippen molar-refractivity contribution in [3.63, 3.8) is 0 Å². The van der Waals surface area contributed by atoms with E-state index in [4.69, 9.17) is 14.2 Å². The zero-order valence-corrected chi connectivity index (χ0v) is 14.8. The predicted molar refractivity (Wildman–Crippen MR) is 92.0 cm³/mol. The molecule has 0 spiro atoms. The lowest BCUT2D eigenvalue weighted by Crippen LogP contribution is -2.12. The summed E-state index contributed by atoms with van der Waals surface area (Å²) in [6, 6.07) is 5.07. The number of benzene rings is 1. The highest BCUT2D eigenvalue weighted by Crippen LogP contribution is 2.29. The van der Waals surface area contributed by atoms with Gasteiger partial charge in [-0.1, -0.05) is 11.3 Å². The monoisotopic (exact) mass is 351 g/mol. The van der Waals surface area contributed by atoms with E-state index in [-0.39, 0.29) is 5.91 Å². The van der Waals surface area contributed by atoms with E-state index in [0.717, 1.165) is 0 Å². The van der Waals surface area contributed by atoms with Crippen LogP contribution >= 0.6 is 11.3 Å². The summed E-state index contributed by atoms with van der Waals surface area (Å²) in [6.07, 6.45) is 0. The Morgan fingerprint density at radius 2 is 1.83 bits per heavy atom. The Morgan fingerprint density at radius 3 is 2.54 bits per heavy atom. The molecule has 130 valence electrons. The minimum Gasteiger partial charge on any atom is -0.490 e. The molecular formula is C16H21N3O4S. The lowest BCUT2D eigenvalue weighted by atomic mass is 10.2. The second kappa shape index (κ2) is 9.19. The molecule has 0 bridgehead atoms. The smallest absolute Gasteiger partial charge is 0.257 e. The molecule has 2 rings (SSSR count). The topological polar surface area (TPSA) is 82.6 Å². The summed E-state index contributed by atoms with van der Waals surface area (Å²) in [7, 11) is 0. The quantitative estimate of drug-likeness (QED) is 0.747. The predicted octanol–water partition coefficient (Wildman–Crippen LogP) is 3.12. The molecule has 2 aromatic rings. The molecule has 0 fully saturated rings. The zero-order chi connectivity index (χ0) is 17.4. The van der Waals surface area contributed by atoms with Gasteiger partial charge in [-0.25, -0.2) is 0 Å². The van der Waals surface area contributed by atoms with E-state index >= 15 is 0 Å². The fraction of sp³-hybridized carbons (Fsp3) is 0.438. The first kappa shape index (κ1) is 18.2. The van der Waals surface area contributed by atoms with E-state index in [1.807, 2.05) is 20.8 Å². The van der Waals surface area contributed by atoms with Crippen LogP contribution in [0, 0.1) is 0 Å². The fourth-order valence-electron chi connectivity index (χ4n) is 1.91. The largest absolute Gasteiger partial charge is 0.490 e. The Bertz CT molecular complexity index is 675. The number of nitrogens with one attached hydrogen (secondary N) is 1. The van der Waals surface area contributed by atoms with E-state index in [9.17, 15) is 4.79 Å². The van der Waals surface area contributed by atoms with Crippen molar-refractivity contribution in [3.8, 4) is 11.5 Å². The molecule has 0 saturated carbocycles. The fourth-order valence-corrected chi connectivity index (χ4v) is 2.59. The van der Waals surface area contributed by atoms with Gasteiger partial charge in [0.2, 0.25) is 5.13 Å². The van der Waals surface area contributed by atoms with Gasteiger partial charge >= 0.3 is 0 Å². The number of hydrogen-bond donors (Lipinski definition) is 1. The molecule has 1 aromatic carbocycles. The van der Waals surface area contributed by atoms with Crippen molar-refractivity contribution in [2.75, 3.05) is 25.1 Å². The summed E-state index contributed by atoms with van der Waals surface area (Å²) in [6.45, 7) is 7.69. The van der Waals surface area contributed by atoms with Crippen LogP contribution in [0.5, 0.6) is 11.5 Å². The Hall–Kier alpha value is -2.19. The Balaban J connectivity index is 2.08. The molecule has 0 radical (unpaired) electrons. The summed E-state index contributed by atoms with van der Waals surface area (Å²) in [5.74, 6) is 0.880. The number of hydrogen-bond acceptors (Lipinski definition) is 7. The highest BCUT2D eigenvalue weighted by atomic mass is 32.1. The number of carbonyl (C=O) groups excluding carboxylic acids is 1. The maximum Gasteiger partial charge on any atom is 0.257 e. The van der Waals surface area contributed by atoms with Gasteiger partial charge in [0, 0.05) is 12.2 Å². The van der Waals surface area contributed by atoms with E-state index in [1.54, 1.807) is 18.2 Å². The van der Waals surface area contributed by atoms with Crippen molar-refractivity contribution < 1.29 is 19.0 Å². The maximum absolute atomic E-state index is 12.4. The van der Waals surface area contributed by atoms with Crippen molar-refractivity contribution in [2.24, 2.45) is 0 Å². The zero-order valence-electron chi connectivity index (χ0n) is 14.0. The van der Waals surface area contributed by atoms with Crippen molar-refractivity contribution in [2.45, 2.75) is 27.4 Å². The number of aromatic nitrogens is 2. The van der Waals surface area contributed by atoms with Crippen LogP contribution in [0.2, 0.25) is 0 Å². The summed E-state index contributed by atoms with van der Waals surface area (Å²) >= 11 is 1.29. The minimum absolute atomic E-state index is 0.280. The van der Waals surface area contributed by atoms with Gasteiger partial charge < -0.3 is 14.2 Å². The van der Waals surface area contributed by atoms with E-state index < -0.39 is 0 Å². The van der Waals surface area contributed by atoms with Crippen LogP contribution < -0.4 is 14.8 Å². The van der Waals surface area contributed by atoms with Gasteiger partial charge in [-0.15, -0.1) is 10.2 Å². The molecule has 0 saturated heterocycles. The Labute approximate surface area is 145 Å². The summed E-state index contributed by atoms with van der Waals surface area (Å²) < 4.78 is 16.3. The second-order valence-electron chi connectivity index (χ2n) is 4.62. The SMILES string of the molecule is CCOCc1nnc(NC(=O)c2ccc(OCC)c(OCC)c2)s1. The summed E-state index contributed by atoms with van der Waals surface area (Å²) in [5.41, 5.74) is 0.462. The van der Waals surface area contributed by atoms with Gasteiger partial charge in [0.1, 0.15) is 11.6 Å². The standard InChI is InChI=1S/C16H21N3O4S/c1-4-21-10-14-18-19-16(24-14)17-15(20)11-7-8-12(22-5-2)13(9-11)23-6-3/h7-9H,4-6,10H2,1-3H3,(H,17,19,20). The molecule has 0 aliphatic carbocycles. The van der Waals surface area contributed by atoms with Crippen LogP contribution in [-0.2, 0) is 11.3 Å². The third-order valence-electron chi connectivity index (χ3n) is 2.92. The molecule has 7 nitrogen and oxygen atoms in total. The number of rotatable bonds is 9. The number of ether oxygens (including phenoxy) is 3. The van der Waals surface area contributed by atoms with Crippen LogP contribution in [0.1, 0.15) is 36.1 Å². The average molecular weight is 351 g/mol. The highest BCUT2D eigenvalue weighted by molar-refractivity contribution is 7.15. The Kier molecular flexibility index (Phi) is 6.95. The molecule has 0 atom stereocenters. The number of nitrogens with zero attached hydrogens (tertiary/aromatic N) is 2. The van der Waals surface area contributed by atoms with Gasteiger partial charge in [-0.3, -0.25) is 10.1 Å². The molecule has 0 aliphatic rings. The molecule has 1 heterocycles. The first-order chi connectivity index (χ1) is 11.7. The van der Waals surface area contributed by atoms with Crippen molar-refractivity contribution in [1.29, 1.82) is 0 Å². The van der Waals surface area contributed by atoms with Gasteiger partial charge in [0.15, 0.2) is 11.5 Å². The third kappa shape index (κ3) is 4.90. The highest BCUT2D eigenvalue weighted by Gasteiger charge is 2.14. The van der Waals surface area contributed by atoms with Crippen LogP contribution in [0.3, 0.4) is 0 Å². The average Bonchev–Trinajstić information content (AvgIpc) is 3.02. The van der Waals surface area contributed by atoms with Crippen LogP contribution in [0.15, 0.2) is 18.2 Å². The first-order valence-electron chi connectivity index (χ1n) is 7.79. The molecule has 1 N–H and O–H groups in total. The first-order valence-corrected chi connectivity index (χ1v) is 8.60. The number of anilines is 1. The van der Waals surface area contributed by atoms with Gasteiger partial charge in [-0.2, -0.15) is 0 Å². The lowest BCUT2D eigenvalue weighted by Gasteiger charge is -2.12. The molecule has 0 unspecified atom stereocenters. The van der Waals surface area contributed by atoms with Gasteiger partial charge in [0.25, 0.3) is 5.91 Å². The van der Waals surface area contributed by atoms with Crippen LogP contribution in [0.4, 0.5) is 5.13 Å². The maximum atomic E-state index is 12.4. The van der Waals surface area contributed by atoms with E-state index in [0.29, 0.717) is 53.6 Å². The minimum atomic E-state index is -0.280. The molecular weight excluding hydrogens is 330 g/mol. The molecule has 24 heavy (non-hydrogen) atoms. The molecule has 0 aliphatic heterocycles. The van der Waals surface area contributed by atoms with Gasteiger partial charge in [0.05, 0.1) is 13.2 Å². The third-order valence-corrected chi connectivity index (χ3v) is 3.73. The van der Waals surface area contributed by atoms with Crippen molar-refractivity contribution in [1.82, 2.24) is 10.2 Å². The number of carbonyl (C=O) groups is 1. The van der Waals surface area contributed by atoms with E-state index in [1.165, 1.54) is 11.3 Å². The number of amides is 1. The van der Waals surface area contributed by atoms with Crippen LogP contribution in [0.25, 0.3) is 0 Å². The second-order valence-corrected chi connectivity index (χ2v) is 5.68. The Morgan fingerprint density at radius 1 is 1.08 bits per heavy atom. The lowest BCUT2D eigenvalue weighted by molar-refractivity contribution is 0.102. The molecule has 1 aromatic heterocycles. The van der Waals surface area contributed by atoms with Crippen molar-refractivity contribution in [3.05, 3.63) is 28.8 Å².